The van der Waals surface area contributed by atoms with E-state index in [1.165, 1.54) is 0 Å². The van der Waals surface area contributed by atoms with Gasteiger partial charge < -0.3 is 15.5 Å². The van der Waals surface area contributed by atoms with Gasteiger partial charge in [0.2, 0.25) is 0 Å². The van der Waals surface area contributed by atoms with E-state index in [9.17, 15) is 0 Å². The Balaban J connectivity index is 2.41. The van der Waals surface area contributed by atoms with Gasteiger partial charge in [0.05, 0.1) is 18.0 Å². The molecular formula is C14H19N3O. The minimum Gasteiger partial charge on any atom is -0.494 e. The summed E-state index contributed by atoms with van der Waals surface area (Å²) in [5.74, 6) is 1.81. The summed E-state index contributed by atoms with van der Waals surface area (Å²) in [6.45, 7) is 7.09. The molecule has 18 heavy (non-hydrogen) atoms. The molecule has 0 fully saturated rings. The smallest absolute Gasteiger partial charge is 0.122 e. The van der Waals surface area contributed by atoms with Gasteiger partial charge in [-0.3, -0.25) is 0 Å². The minimum absolute atomic E-state index is 0.461. The average molecular weight is 245 g/mol. The van der Waals surface area contributed by atoms with Crippen LogP contribution in [0, 0.1) is 13.8 Å². The van der Waals surface area contributed by atoms with Crippen LogP contribution in [0.2, 0.25) is 0 Å². The maximum Gasteiger partial charge on any atom is 0.122 e. The molecule has 2 rings (SSSR count). The number of H-pyrrole nitrogens is 1. The number of nitrogens with two attached hydrogens (primary N) is 1. The van der Waals surface area contributed by atoms with Crippen molar-refractivity contribution in [2.75, 3.05) is 6.61 Å². The lowest BCUT2D eigenvalue weighted by Gasteiger charge is -2.08. The molecule has 1 heterocycles. The number of nitrogens with one attached hydrogen (secondary N) is 1. The number of ether oxygens (including phenoxy) is 1. The largest absolute Gasteiger partial charge is 0.494 e. The van der Waals surface area contributed by atoms with Crippen molar-refractivity contribution in [3.05, 3.63) is 35.3 Å². The number of hydrogen-bond donors (Lipinski definition) is 2. The third kappa shape index (κ3) is 2.38. The molecule has 0 radical (unpaired) electrons. The van der Waals surface area contributed by atoms with Gasteiger partial charge in [-0.25, -0.2) is 4.98 Å². The van der Waals surface area contributed by atoms with E-state index in [0.717, 1.165) is 34.1 Å². The number of hydrogen-bond acceptors (Lipinski definition) is 3. The molecule has 0 spiro atoms. The molecule has 4 nitrogen and oxygen atoms in total. The van der Waals surface area contributed by atoms with Crippen molar-refractivity contribution in [3.63, 3.8) is 0 Å². The molecule has 0 saturated carbocycles. The molecule has 2 aromatic rings. The lowest BCUT2D eigenvalue weighted by atomic mass is 10.1. The Bertz CT molecular complexity index is 546. The van der Waals surface area contributed by atoms with Crippen LogP contribution in [0.3, 0.4) is 0 Å². The van der Waals surface area contributed by atoms with E-state index in [1.54, 1.807) is 0 Å². The van der Waals surface area contributed by atoms with E-state index < -0.39 is 0 Å². The van der Waals surface area contributed by atoms with Crippen molar-refractivity contribution < 1.29 is 4.74 Å². The van der Waals surface area contributed by atoms with Crippen molar-refractivity contribution >= 4 is 0 Å². The second-order valence-corrected chi connectivity index (χ2v) is 4.27. The highest BCUT2D eigenvalue weighted by atomic mass is 16.5. The van der Waals surface area contributed by atoms with Crippen LogP contribution in [0.5, 0.6) is 5.75 Å². The third-order valence-corrected chi connectivity index (χ3v) is 2.85. The van der Waals surface area contributed by atoms with Gasteiger partial charge in [0, 0.05) is 12.1 Å². The first-order chi connectivity index (χ1) is 8.65. The summed E-state index contributed by atoms with van der Waals surface area (Å²) in [6, 6.07) is 6.09. The monoisotopic (exact) mass is 245 g/mol. The van der Waals surface area contributed by atoms with Crippen LogP contribution in [0.1, 0.15) is 24.0 Å². The highest BCUT2D eigenvalue weighted by molar-refractivity contribution is 5.64. The van der Waals surface area contributed by atoms with Crippen molar-refractivity contribution in [1.29, 1.82) is 0 Å². The highest BCUT2D eigenvalue weighted by Crippen LogP contribution is 2.27. The Morgan fingerprint density at radius 2 is 2.11 bits per heavy atom. The topological polar surface area (TPSA) is 63.9 Å². The molecule has 4 heteroatoms. The van der Waals surface area contributed by atoms with E-state index >= 15 is 0 Å². The van der Waals surface area contributed by atoms with Gasteiger partial charge in [-0.05, 0) is 44.5 Å². The van der Waals surface area contributed by atoms with Crippen LogP contribution in [0.4, 0.5) is 0 Å². The summed E-state index contributed by atoms with van der Waals surface area (Å²) < 4.78 is 5.54. The Morgan fingerprint density at radius 1 is 1.33 bits per heavy atom. The fourth-order valence-electron chi connectivity index (χ4n) is 2.04. The maximum atomic E-state index is 5.72. The predicted molar refractivity (Wildman–Crippen MR) is 72.6 cm³/mol. The zero-order valence-corrected chi connectivity index (χ0v) is 11.1. The molecule has 1 aromatic carbocycles. The quantitative estimate of drug-likeness (QED) is 0.870. The molecule has 0 atom stereocenters. The fraction of sp³-hybridized carbons (Fsp3) is 0.357. The Morgan fingerprint density at radius 3 is 2.72 bits per heavy atom. The van der Waals surface area contributed by atoms with Crippen molar-refractivity contribution in [2.24, 2.45) is 5.73 Å². The van der Waals surface area contributed by atoms with E-state index in [-0.39, 0.29) is 0 Å². The van der Waals surface area contributed by atoms with E-state index in [4.69, 9.17) is 10.5 Å². The molecule has 3 N–H and O–H groups in total. The molecule has 0 aliphatic carbocycles. The number of aryl methyl sites for hydroxylation is 2. The summed E-state index contributed by atoms with van der Waals surface area (Å²) in [6.07, 6.45) is 0. The highest BCUT2D eigenvalue weighted by Gasteiger charge is 2.10. The van der Waals surface area contributed by atoms with Gasteiger partial charge in [-0.15, -0.1) is 0 Å². The Kier molecular flexibility index (Phi) is 3.67. The molecular weight excluding hydrogens is 226 g/mol. The normalized spacial score (nSPS) is 10.7. The number of rotatable bonds is 4. The zero-order chi connectivity index (χ0) is 13.1. The number of imidazole rings is 1. The number of aromatic nitrogens is 2. The van der Waals surface area contributed by atoms with Crippen molar-refractivity contribution in [1.82, 2.24) is 9.97 Å². The molecule has 0 unspecified atom stereocenters. The van der Waals surface area contributed by atoms with Crippen LogP contribution in [0.25, 0.3) is 11.3 Å². The van der Waals surface area contributed by atoms with E-state index in [0.29, 0.717) is 13.2 Å². The maximum absolute atomic E-state index is 5.72. The summed E-state index contributed by atoms with van der Waals surface area (Å²) in [4.78, 5) is 7.68. The van der Waals surface area contributed by atoms with Gasteiger partial charge in [-0.1, -0.05) is 0 Å². The second-order valence-electron chi connectivity index (χ2n) is 4.27. The Labute approximate surface area is 107 Å². The predicted octanol–water partition coefficient (Wildman–Crippen LogP) is 2.55. The first-order valence-electron chi connectivity index (χ1n) is 6.15. The van der Waals surface area contributed by atoms with Gasteiger partial charge in [0.1, 0.15) is 11.6 Å². The van der Waals surface area contributed by atoms with Crippen LogP contribution in [0.15, 0.2) is 18.2 Å². The molecule has 1 aromatic heterocycles. The van der Waals surface area contributed by atoms with E-state index in [2.05, 4.69) is 16.0 Å². The summed E-state index contributed by atoms with van der Waals surface area (Å²) >= 11 is 0. The third-order valence-electron chi connectivity index (χ3n) is 2.85. The van der Waals surface area contributed by atoms with Crippen molar-refractivity contribution in [3.8, 4) is 17.0 Å². The first-order valence-corrected chi connectivity index (χ1v) is 6.15. The SMILES string of the molecule is CCOc1ccc(-c2nc(C)[nH]c2CN)cc1C. The first kappa shape index (κ1) is 12.6. The second kappa shape index (κ2) is 5.23. The van der Waals surface area contributed by atoms with Crippen molar-refractivity contribution in [2.45, 2.75) is 27.3 Å². The number of aromatic amines is 1. The molecule has 0 aliphatic heterocycles. The average Bonchev–Trinajstić information content (AvgIpc) is 2.73. The Hall–Kier alpha value is -1.81. The minimum atomic E-state index is 0.461. The standard InChI is InChI=1S/C14H19N3O/c1-4-18-13-6-5-11(7-9(13)2)14-12(8-15)16-10(3)17-14/h5-7H,4,8,15H2,1-3H3,(H,16,17). The van der Waals surface area contributed by atoms with Crippen LogP contribution in [-0.2, 0) is 6.54 Å². The molecule has 0 aliphatic rings. The summed E-state index contributed by atoms with van der Waals surface area (Å²) in [5, 5.41) is 0. The van der Waals surface area contributed by atoms with Crippen LogP contribution in [-0.4, -0.2) is 16.6 Å². The van der Waals surface area contributed by atoms with Gasteiger partial charge in [0.15, 0.2) is 0 Å². The lowest BCUT2D eigenvalue weighted by Crippen LogP contribution is -1.99. The van der Waals surface area contributed by atoms with Crippen LogP contribution < -0.4 is 10.5 Å². The summed E-state index contributed by atoms with van der Waals surface area (Å²) in [7, 11) is 0. The molecule has 0 saturated heterocycles. The van der Waals surface area contributed by atoms with E-state index in [1.807, 2.05) is 32.9 Å². The molecule has 96 valence electrons. The van der Waals surface area contributed by atoms with Gasteiger partial charge in [-0.2, -0.15) is 0 Å². The number of nitrogens with zero attached hydrogens (tertiary/aromatic N) is 1. The molecule has 0 bridgehead atoms. The number of benzene rings is 1. The zero-order valence-electron chi connectivity index (χ0n) is 11.1. The van der Waals surface area contributed by atoms with Gasteiger partial charge >= 0.3 is 0 Å². The van der Waals surface area contributed by atoms with Crippen LogP contribution >= 0.6 is 0 Å². The lowest BCUT2D eigenvalue weighted by molar-refractivity contribution is 0.338. The fourth-order valence-corrected chi connectivity index (χ4v) is 2.04. The van der Waals surface area contributed by atoms with Gasteiger partial charge in [0.25, 0.3) is 0 Å². The summed E-state index contributed by atoms with van der Waals surface area (Å²) in [5.41, 5.74) is 9.80. The molecule has 0 amide bonds.